The number of benzene rings is 4. The van der Waals surface area contributed by atoms with Crippen molar-refractivity contribution in [3.8, 4) is 0 Å². The maximum atomic E-state index is 2.55. The van der Waals surface area contributed by atoms with E-state index in [1.807, 2.05) is 0 Å². The molecular weight excluding hydrogens is 391 g/mol. The molecule has 29 heavy (non-hydrogen) atoms. The van der Waals surface area contributed by atoms with Crippen LogP contribution in [0.1, 0.15) is 11.1 Å². The van der Waals surface area contributed by atoms with E-state index in [0.717, 1.165) is 6.16 Å². The van der Waals surface area contributed by atoms with E-state index in [2.05, 4.69) is 129 Å². The number of rotatable bonds is 5. The van der Waals surface area contributed by atoms with E-state index in [-0.39, 0.29) is 12.4 Å². The third kappa shape index (κ3) is 3.64. The van der Waals surface area contributed by atoms with Crippen LogP contribution in [-0.2, 0) is 6.16 Å². The Labute approximate surface area is 181 Å². The second-order valence-corrected chi connectivity index (χ2v) is 13.3. The fraction of sp³-hybridized carbons (Fsp3) is 0.111. The maximum absolute atomic E-state index is 2.73. The number of hydrogen-bond donors (Lipinski definition) is 0. The van der Waals surface area contributed by atoms with Crippen molar-refractivity contribution in [1.82, 2.24) is 0 Å². The van der Waals surface area contributed by atoms with Crippen LogP contribution in [0.5, 0.6) is 0 Å². The molecule has 0 aliphatic carbocycles. The summed E-state index contributed by atoms with van der Waals surface area (Å²) in [5, 5.41) is 4.37. The third-order valence-electron chi connectivity index (χ3n) is 6.10. The van der Waals surface area contributed by atoms with Crippen molar-refractivity contribution in [2.24, 2.45) is 0 Å². The summed E-state index contributed by atoms with van der Waals surface area (Å²) in [6.07, 6.45) is 1.02. The topological polar surface area (TPSA) is 0 Å². The van der Waals surface area contributed by atoms with Crippen molar-refractivity contribution in [2.45, 2.75) is 13.1 Å². The quantitative estimate of drug-likeness (QED) is 0.345. The Morgan fingerprint density at radius 2 is 0.966 bits per heavy atom. The molecule has 0 aliphatic rings. The van der Waals surface area contributed by atoms with Gasteiger partial charge in [0.2, 0.25) is 0 Å². The summed E-state index contributed by atoms with van der Waals surface area (Å²) in [4.78, 5) is 0. The molecule has 0 amide bonds. The van der Waals surface area contributed by atoms with E-state index in [1.54, 1.807) is 0 Å². The average Bonchev–Trinajstić information content (AvgIpc) is 2.76. The molecule has 0 nitrogen and oxygen atoms in total. The van der Waals surface area contributed by atoms with Gasteiger partial charge in [0.25, 0.3) is 0 Å². The number of aryl methyl sites for hydroxylation is 1. The van der Waals surface area contributed by atoms with Crippen molar-refractivity contribution < 1.29 is 0 Å². The minimum Gasteiger partial charge on any atom is -0.147 e. The molecule has 4 rings (SSSR count). The molecule has 4 aromatic rings. The van der Waals surface area contributed by atoms with E-state index < -0.39 is 6.60 Å². The predicted molar refractivity (Wildman–Crippen MR) is 133 cm³/mol. The van der Waals surface area contributed by atoms with Crippen LogP contribution in [-0.4, -0.2) is 6.66 Å². The molecule has 4 aromatic carbocycles. The molecule has 0 radical (unpaired) electrons. The molecule has 0 heterocycles. The molecule has 0 aromatic heterocycles. The first-order chi connectivity index (χ1) is 13.6. The SMILES string of the molecule is Cc1ccccc1P(C)(Cc1ccccc1)(c1ccccc1)c1ccccc1.Cl. The second kappa shape index (κ2) is 8.54. The van der Waals surface area contributed by atoms with Crippen LogP contribution in [0.25, 0.3) is 0 Å². The standard InChI is InChI=1S/C27H27P.ClH/c1-23-14-12-13-21-27(23)28(2,25-17-8-4-9-18-25,26-19-10-5-11-20-26)22-24-15-6-3-7-16-24;/h3-21H,22H2,1-2H3;1H. The summed E-state index contributed by atoms with van der Waals surface area (Å²) in [6.45, 7) is 2.08. The molecule has 0 saturated carbocycles. The predicted octanol–water partition coefficient (Wildman–Crippen LogP) is 6.08. The summed E-state index contributed by atoms with van der Waals surface area (Å²) < 4.78 is 0. The van der Waals surface area contributed by atoms with Crippen molar-refractivity contribution >= 4 is 34.9 Å². The van der Waals surface area contributed by atoms with Crippen molar-refractivity contribution in [1.29, 1.82) is 0 Å². The van der Waals surface area contributed by atoms with Gasteiger partial charge in [-0.15, -0.1) is 12.4 Å². The fourth-order valence-electron chi connectivity index (χ4n) is 4.64. The Balaban J connectivity index is 0.00000240. The Bertz CT molecular complexity index is 1020. The summed E-state index contributed by atoms with van der Waals surface area (Å²) in [7, 11) is 0. The summed E-state index contributed by atoms with van der Waals surface area (Å²) in [5.74, 6) is 0. The summed E-state index contributed by atoms with van der Waals surface area (Å²) in [6, 6.07) is 42.3. The zero-order valence-electron chi connectivity index (χ0n) is 17.0. The van der Waals surface area contributed by atoms with Gasteiger partial charge in [0.15, 0.2) is 0 Å². The molecule has 148 valence electrons. The fourth-order valence-corrected chi connectivity index (χ4v) is 10.6. The van der Waals surface area contributed by atoms with Gasteiger partial charge in [-0.1, -0.05) is 0 Å². The monoisotopic (exact) mass is 418 g/mol. The zero-order chi connectivity index (χ0) is 19.5. The smallest absolute Gasteiger partial charge is 0.147 e. The van der Waals surface area contributed by atoms with Gasteiger partial charge in [0.05, 0.1) is 0 Å². The van der Waals surface area contributed by atoms with E-state index in [4.69, 9.17) is 0 Å². The Kier molecular flexibility index (Phi) is 6.27. The third-order valence-corrected chi connectivity index (χ3v) is 12.5. The largest absolute Gasteiger partial charge is 0.147 e. The normalized spacial score (nSPS) is 12.4. The van der Waals surface area contributed by atoms with E-state index in [9.17, 15) is 0 Å². The van der Waals surface area contributed by atoms with Crippen molar-refractivity contribution in [2.75, 3.05) is 6.66 Å². The first-order valence-electron chi connectivity index (χ1n) is 9.85. The molecular formula is C27H28ClP. The van der Waals surface area contributed by atoms with Gasteiger partial charge >= 0.3 is 169 Å². The van der Waals surface area contributed by atoms with Crippen LogP contribution < -0.4 is 15.9 Å². The molecule has 0 saturated heterocycles. The zero-order valence-corrected chi connectivity index (χ0v) is 18.7. The van der Waals surface area contributed by atoms with Gasteiger partial charge in [-0.3, -0.25) is 0 Å². The molecule has 0 fully saturated rings. The number of hydrogen-bond acceptors (Lipinski definition) is 0. The first-order valence-corrected chi connectivity index (χ1v) is 12.7. The maximum Gasteiger partial charge on any atom is -0.147 e. The van der Waals surface area contributed by atoms with Crippen molar-refractivity contribution in [3.05, 3.63) is 126 Å². The number of halogens is 1. The van der Waals surface area contributed by atoms with Gasteiger partial charge < -0.3 is 0 Å². The van der Waals surface area contributed by atoms with Gasteiger partial charge in [0.1, 0.15) is 0 Å². The van der Waals surface area contributed by atoms with Gasteiger partial charge in [-0.05, 0) is 0 Å². The molecule has 0 atom stereocenters. The summed E-state index contributed by atoms with van der Waals surface area (Å²) in [5.41, 5.74) is 2.75. The molecule has 2 heteroatoms. The van der Waals surface area contributed by atoms with Crippen LogP contribution in [0.15, 0.2) is 115 Å². The Hall–Kier alpha value is -2.40. The van der Waals surface area contributed by atoms with Crippen molar-refractivity contribution in [3.63, 3.8) is 0 Å². The van der Waals surface area contributed by atoms with Gasteiger partial charge in [-0.25, -0.2) is 0 Å². The van der Waals surface area contributed by atoms with Crippen LogP contribution in [0.2, 0.25) is 0 Å². The first kappa shape index (κ1) is 21.3. The van der Waals surface area contributed by atoms with E-state index in [1.165, 1.54) is 27.0 Å². The van der Waals surface area contributed by atoms with E-state index >= 15 is 0 Å². The van der Waals surface area contributed by atoms with Gasteiger partial charge in [-0.2, -0.15) is 0 Å². The molecule has 0 aliphatic heterocycles. The van der Waals surface area contributed by atoms with E-state index in [0.29, 0.717) is 0 Å². The summed E-state index contributed by atoms with van der Waals surface area (Å²) >= 11 is 0. The molecule has 0 bridgehead atoms. The molecule has 0 spiro atoms. The van der Waals surface area contributed by atoms with Crippen LogP contribution >= 0.6 is 19.0 Å². The average molecular weight is 419 g/mol. The Morgan fingerprint density at radius 1 is 0.552 bits per heavy atom. The minimum absolute atomic E-state index is 0. The molecule has 0 unspecified atom stereocenters. The Morgan fingerprint density at radius 3 is 1.45 bits per heavy atom. The van der Waals surface area contributed by atoms with Crippen LogP contribution in [0.3, 0.4) is 0 Å². The van der Waals surface area contributed by atoms with Gasteiger partial charge in [0, 0.05) is 0 Å². The minimum atomic E-state index is -2.73. The second-order valence-electron chi connectivity index (χ2n) is 7.90. The van der Waals surface area contributed by atoms with Crippen LogP contribution in [0, 0.1) is 6.92 Å². The molecule has 0 N–H and O–H groups in total. The van der Waals surface area contributed by atoms with Crippen LogP contribution in [0.4, 0.5) is 0 Å².